The van der Waals surface area contributed by atoms with Crippen LogP contribution < -0.4 is 0 Å². The third-order valence-corrected chi connectivity index (χ3v) is 1.70. The van der Waals surface area contributed by atoms with Crippen molar-refractivity contribution in [3.8, 4) is 12.3 Å². The van der Waals surface area contributed by atoms with E-state index in [1.807, 2.05) is 6.92 Å². The van der Waals surface area contributed by atoms with Crippen molar-refractivity contribution >= 4 is 11.2 Å². The molecule has 0 spiro atoms. The lowest BCUT2D eigenvalue weighted by molar-refractivity contribution is 0.599. The van der Waals surface area contributed by atoms with Crippen molar-refractivity contribution in [3.63, 3.8) is 0 Å². The Balaban J connectivity index is 3.03. The molecule has 0 aromatic heterocycles. The summed E-state index contributed by atoms with van der Waals surface area (Å²) in [4.78, 5) is 0. The average molecular weight is 116 g/mol. The zero-order chi connectivity index (χ0) is 5.70. The minimum Gasteiger partial charge on any atom is -0.616 e. The molecule has 40 valence electrons. The predicted molar refractivity (Wildman–Crippen MR) is 32.4 cm³/mol. The maximum absolute atomic E-state index is 10.4. The van der Waals surface area contributed by atoms with E-state index in [1.165, 1.54) is 0 Å². The van der Waals surface area contributed by atoms with E-state index >= 15 is 0 Å². The van der Waals surface area contributed by atoms with Gasteiger partial charge in [0.05, 0.1) is 0 Å². The predicted octanol–water partition coefficient (Wildman–Crippen LogP) is 0.388. The van der Waals surface area contributed by atoms with Crippen LogP contribution in [-0.4, -0.2) is 16.1 Å². The lowest BCUT2D eigenvalue weighted by Crippen LogP contribution is -2.05. The average Bonchev–Trinajstić information content (AvgIpc) is 1.68. The molecule has 0 saturated carbocycles. The topological polar surface area (TPSA) is 23.1 Å². The Labute approximate surface area is 47.3 Å². The molecule has 0 aliphatic carbocycles. The van der Waals surface area contributed by atoms with Crippen molar-refractivity contribution in [2.24, 2.45) is 0 Å². The second kappa shape index (κ2) is 4.04. The molecule has 0 fully saturated rings. The Morgan fingerprint density at radius 1 is 1.86 bits per heavy atom. The lowest BCUT2D eigenvalue weighted by atomic mass is 10.8. The van der Waals surface area contributed by atoms with Crippen molar-refractivity contribution in [1.82, 2.24) is 0 Å². The van der Waals surface area contributed by atoms with Crippen molar-refractivity contribution in [2.45, 2.75) is 6.92 Å². The Kier molecular flexibility index (Phi) is 3.97. The first-order valence-electron chi connectivity index (χ1n) is 2.09. The van der Waals surface area contributed by atoms with Crippen molar-refractivity contribution in [2.75, 3.05) is 11.5 Å². The van der Waals surface area contributed by atoms with Gasteiger partial charge in [-0.05, 0) is 18.1 Å². The van der Waals surface area contributed by atoms with Crippen molar-refractivity contribution in [3.05, 3.63) is 0 Å². The quantitative estimate of drug-likeness (QED) is 0.378. The summed E-state index contributed by atoms with van der Waals surface area (Å²) >= 11 is -0.763. The van der Waals surface area contributed by atoms with Crippen LogP contribution in [0.25, 0.3) is 0 Å². The molecule has 2 heteroatoms. The van der Waals surface area contributed by atoms with Crippen LogP contribution in [0.1, 0.15) is 6.92 Å². The molecule has 0 rings (SSSR count). The molecule has 1 atom stereocenters. The van der Waals surface area contributed by atoms with Crippen LogP contribution in [-0.2, 0) is 11.2 Å². The van der Waals surface area contributed by atoms with Crippen LogP contribution >= 0.6 is 0 Å². The fraction of sp³-hybridized carbons (Fsp3) is 0.600. The van der Waals surface area contributed by atoms with E-state index in [-0.39, 0.29) is 0 Å². The first kappa shape index (κ1) is 6.87. The van der Waals surface area contributed by atoms with E-state index < -0.39 is 11.2 Å². The van der Waals surface area contributed by atoms with Gasteiger partial charge in [0, 0.05) is 0 Å². The maximum Gasteiger partial charge on any atom is 0.165 e. The molecule has 0 aliphatic heterocycles. The van der Waals surface area contributed by atoms with Gasteiger partial charge in [-0.3, -0.25) is 0 Å². The Bertz CT molecular complexity index is 74.6. The highest BCUT2D eigenvalue weighted by atomic mass is 32.2. The van der Waals surface area contributed by atoms with E-state index in [2.05, 4.69) is 5.92 Å². The summed E-state index contributed by atoms with van der Waals surface area (Å²) in [6.45, 7) is 1.85. The molecule has 1 unspecified atom stereocenters. The molecule has 0 aliphatic rings. The van der Waals surface area contributed by atoms with E-state index in [0.717, 1.165) is 0 Å². The number of terminal acetylenes is 1. The molecule has 0 radical (unpaired) electrons. The SMILES string of the molecule is C#CC[S+]([O-])CC. The normalized spacial score (nSPS) is 12.7. The summed E-state index contributed by atoms with van der Waals surface area (Å²) in [6, 6.07) is 0. The summed E-state index contributed by atoms with van der Waals surface area (Å²) in [5.74, 6) is 3.39. The lowest BCUT2D eigenvalue weighted by Gasteiger charge is -2.00. The van der Waals surface area contributed by atoms with Gasteiger partial charge in [0.15, 0.2) is 5.75 Å². The molecule has 1 nitrogen and oxygen atoms in total. The zero-order valence-corrected chi connectivity index (χ0v) is 5.12. The molecule has 0 aromatic carbocycles. The van der Waals surface area contributed by atoms with E-state index in [0.29, 0.717) is 11.5 Å². The van der Waals surface area contributed by atoms with Crippen LogP contribution in [0.4, 0.5) is 0 Å². The Morgan fingerprint density at radius 2 is 2.43 bits per heavy atom. The van der Waals surface area contributed by atoms with E-state index in [4.69, 9.17) is 6.42 Å². The first-order valence-corrected chi connectivity index (χ1v) is 3.58. The van der Waals surface area contributed by atoms with Gasteiger partial charge in [-0.15, -0.1) is 6.42 Å². The second-order valence-electron chi connectivity index (χ2n) is 1.08. The van der Waals surface area contributed by atoms with Crippen LogP contribution in [0.5, 0.6) is 0 Å². The molecule has 0 heterocycles. The number of hydrogen-bond donors (Lipinski definition) is 0. The third-order valence-electron chi connectivity index (χ3n) is 0.566. The number of rotatable bonds is 2. The fourth-order valence-corrected chi connectivity index (χ4v) is 0.585. The minimum absolute atomic E-state index is 0.399. The molecular weight excluding hydrogens is 108 g/mol. The van der Waals surface area contributed by atoms with Gasteiger partial charge in [-0.25, -0.2) is 0 Å². The molecule has 7 heavy (non-hydrogen) atoms. The molecule has 0 saturated heterocycles. The molecule has 0 N–H and O–H groups in total. The highest BCUT2D eigenvalue weighted by Crippen LogP contribution is 1.84. The molecule has 0 aromatic rings. The third kappa shape index (κ3) is 3.71. The van der Waals surface area contributed by atoms with Gasteiger partial charge in [-0.2, -0.15) is 0 Å². The second-order valence-corrected chi connectivity index (χ2v) is 2.82. The molecule has 0 amide bonds. The van der Waals surface area contributed by atoms with Gasteiger partial charge in [-0.1, -0.05) is 5.92 Å². The molecular formula is C5H8OS. The monoisotopic (exact) mass is 116 g/mol. The highest BCUT2D eigenvalue weighted by Gasteiger charge is 1.93. The van der Waals surface area contributed by atoms with Crippen LogP contribution in [0.3, 0.4) is 0 Å². The zero-order valence-electron chi connectivity index (χ0n) is 4.31. The summed E-state index contributed by atoms with van der Waals surface area (Å²) in [6.07, 6.45) is 4.86. The van der Waals surface area contributed by atoms with Gasteiger partial charge < -0.3 is 4.55 Å². The van der Waals surface area contributed by atoms with Crippen LogP contribution in [0.2, 0.25) is 0 Å². The fourth-order valence-electron chi connectivity index (χ4n) is 0.195. The molecule has 0 bridgehead atoms. The highest BCUT2D eigenvalue weighted by molar-refractivity contribution is 7.91. The smallest absolute Gasteiger partial charge is 0.165 e. The van der Waals surface area contributed by atoms with Gasteiger partial charge in [0.2, 0.25) is 0 Å². The first-order chi connectivity index (χ1) is 3.31. The van der Waals surface area contributed by atoms with Gasteiger partial charge in [0.1, 0.15) is 5.75 Å². The van der Waals surface area contributed by atoms with Crippen molar-refractivity contribution < 1.29 is 4.55 Å². The summed E-state index contributed by atoms with van der Waals surface area (Å²) < 4.78 is 10.4. The summed E-state index contributed by atoms with van der Waals surface area (Å²) in [5, 5.41) is 0. The van der Waals surface area contributed by atoms with E-state index in [9.17, 15) is 4.55 Å². The number of hydrogen-bond acceptors (Lipinski definition) is 1. The van der Waals surface area contributed by atoms with Crippen molar-refractivity contribution in [1.29, 1.82) is 0 Å². The van der Waals surface area contributed by atoms with Gasteiger partial charge >= 0.3 is 0 Å². The summed E-state index contributed by atoms with van der Waals surface area (Å²) in [7, 11) is 0. The largest absolute Gasteiger partial charge is 0.616 e. The standard InChI is InChI=1S/C5H8OS/c1-3-5-7(6)4-2/h1H,4-5H2,2H3. The summed E-state index contributed by atoms with van der Waals surface area (Å²) in [5.41, 5.74) is 0. The van der Waals surface area contributed by atoms with Crippen LogP contribution in [0.15, 0.2) is 0 Å². The Morgan fingerprint density at radius 3 is 2.57 bits per heavy atom. The van der Waals surface area contributed by atoms with E-state index in [1.54, 1.807) is 0 Å². The maximum atomic E-state index is 10.4. The minimum atomic E-state index is -0.763. The van der Waals surface area contributed by atoms with Crippen LogP contribution in [0, 0.1) is 12.3 Å². The Hall–Kier alpha value is -0.130. The van der Waals surface area contributed by atoms with Gasteiger partial charge in [0.25, 0.3) is 0 Å².